The molecule has 3 rings (SSSR count). The Hall–Kier alpha value is -2.41. The molecule has 1 saturated carbocycles. The van der Waals surface area contributed by atoms with Gasteiger partial charge in [-0.2, -0.15) is 0 Å². The molecule has 144 valence electrons. The fourth-order valence-electron chi connectivity index (χ4n) is 3.18. The van der Waals surface area contributed by atoms with Gasteiger partial charge in [-0.3, -0.25) is 9.78 Å². The molecule has 0 unspecified atom stereocenters. The van der Waals surface area contributed by atoms with Crippen molar-refractivity contribution in [2.24, 2.45) is 0 Å². The predicted octanol–water partition coefficient (Wildman–Crippen LogP) is 3.35. The summed E-state index contributed by atoms with van der Waals surface area (Å²) in [5, 5.41) is 2.48. The van der Waals surface area contributed by atoms with Gasteiger partial charge in [0, 0.05) is 30.6 Å². The summed E-state index contributed by atoms with van der Waals surface area (Å²) in [5.74, 6) is 0.230. The van der Waals surface area contributed by atoms with Crippen molar-refractivity contribution in [1.82, 2.24) is 4.98 Å². The molecule has 1 amide bonds. The van der Waals surface area contributed by atoms with Gasteiger partial charge in [-0.15, -0.1) is 0 Å². The Morgan fingerprint density at radius 3 is 2.63 bits per heavy atom. The second-order valence-corrected chi connectivity index (χ2v) is 9.14. The summed E-state index contributed by atoms with van der Waals surface area (Å²) in [6.07, 6.45) is 6.75. The maximum atomic E-state index is 12.3. The quantitative estimate of drug-likeness (QED) is 0.750. The molecular weight excluding hydrogens is 364 g/mol. The predicted molar refractivity (Wildman–Crippen MR) is 104 cm³/mol. The molecule has 0 bridgehead atoms. The van der Waals surface area contributed by atoms with Crippen molar-refractivity contribution in [2.75, 3.05) is 11.1 Å². The number of nitrogens with zero attached hydrogens (tertiary/aromatic N) is 1. The lowest BCUT2D eigenvalue weighted by atomic mass is 10.2. The number of carbonyl (C=O) groups excluding carboxylic acids is 1. The number of anilines is 1. The molecule has 1 fully saturated rings. The molecule has 6 nitrogen and oxygen atoms in total. The van der Waals surface area contributed by atoms with Gasteiger partial charge >= 0.3 is 0 Å². The minimum Gasteiger partial charge on any atom is -0.489 e. The van der Waals surface area contributed by atoms with E-state index in [-0.39, 0.29) is 23.3 Å². The monoisotopic (exact) mass is 388 g/mol. The van der Waals surface area contributed by atoms with Gasteiger partial charge in [0.1, 0.15) is 12.4 Å². The number of aromatic nitrogens is 1. The number of ether oxygens (including phenoxy) is 1. The van der Waals surface area contributed by atoms with Gasteiger partial charge in [-0.25, -0.2) is 8.42 Å². The van der Waals surface area contributed by atoms with Gasteiger partial charge in [0.25, 0.3) is 0 Å². The fraction of sp³-hybridized carbons (Fsp3) is 0.400. The van der Waals surface area contributed by atoms with Gasteiger partial charge in [-0.1, -0.05) is 18.9 Å². The minimum atomic E-state index is -3.19. The highest BCUT2D eigenvalue weighted by Crippen LogP contribution is 2.25. The number of benzene rings is 1. The minimum absolute atomic E-state index is 0.0269. The van der Waals surface area contributed by atoms with E-state index in [1.54, 1.807) is 36.7 Å². The third-order valence-electron chi connectivity index (χ3n) is 4.70. The highest BCUT2D eigenvalue weighted by molar-refractivity contribution is 7.92. The molecule has 1 aromatic carbocycles. The van der Waals surface area contributed by atoms with E-state index < -0.39 is 9.84 Å². The van der Waals surface area contributed by atoms with Crippen LogP contribution in [0.25, 0.3) is 0 Å². The normalized spacial score (nSPS) is 14.8. The van der Waals surface area contributed by atoms with Crippen molar-refractivity contribution in [3.8, 4) is 5.75 Å². The van der Waals surface area contributed by atoms with Crippen LogP contribution in [0.15, 0.2) is 48.8 Å². The zero-order valence-electron chi connectivity index (χ0n) is 15.1. The zero-order valence-corrected chi connectivity index (χ0v) is 16.0. The summed E-state index contributed by atoms with van der Waals surface area (Å²) in [7, 11) is -3.19. The van der Waals surface area contributed by atoms with Crippen molar-refractivity contribution in [3.05, 3.63) is 54.4 Å². The number of amides is 1. The van der Waals surface area contributed by atoms with E-state index in [0.29, 0.717) is 18.0 Å². The summed E-state index contributed by atoms with van der Waals surface area (Å²) in [5.41, 5.74) is 1.59. The number of carbonyl (C=O) groups is 1. The van der Waals surface area contributed by atoms with Crippen LogP contribution in [0.2, 0.25) is 0 Å². The molecule has 2 aromatic rings. The number of hydrogen-bond acceptors (Lipinski definition) is 5. The molecular formula is C20H24N2O4S. The number of pyridine rings is 1. The maximum absolute atomic E-state index is 12.3. The van der Waals surface area contributed by atoms with E-state index in [0.717, 1.165) is 31.2 Å². The van der Waals surface area contributed by atoms with E-state index in [1.807, 2.05) is 12.1 Å². The summed E-state index contributed by atoms with van der Waals surface area (Å²) in [4.78, 5) is 16.1. The molecule has 0 atom stereocenters. The first-order chi connectivity index (χ1) is 13.0. The van der Waals surface area contributed by atoms with Gasteiger partial charge in [0.15, 0.2) is 9.84 Å². The number of hydrogen-bond donors (Lipinski definition) is 1. The van der Waals surface area contributed by atoms with E-state index in [1.165, 1.54) is 0 Å². The number of sulfone groups is 1. The summed E-state index contributed by atoms with van der Waals surface area (Å²) < 4.78 is 30.2. The molecule has 0 radical (unpaired) electrons. The molecule has 1 aromatic heterocycles. The van der Waals surface area contributed by atoms with Crippen LogP contribution in [0.4, 0.5) is 5.69 Å². The Morgan fingerprint density at radius 2 is 1.89 bits per heavy atom. The summed E-state index contributed by atoms with van der Waals surface area (Å²) >= 11 is 0. The second-order valence-electron chi connectivity index (χ2n) is 6.74. The Morgan fingerprint density at radius 1 is 1.15 bits per heavy atom. The molecule has 27 heavy (non-hydrogen) atoms. The largest absolute Gasteiger partial charge is 0.489 e. The van der Waals surface area contributed by atoms with Crippen LogP contribution in [0.3, 0.4) is 0 Å². The lowest BCUT2D eigenvalue weighted by Crippen LogP contribution is -2.24. The molecule has 0 spiro atoms. The third kappa shape index (κ3) is 5.79. The molecule has 0 saturated heterocycles. The highest BCUT2D eigenvalue weighted by atomic mass is 32.2. The molecule has 1 N–H and O–H groups in total. The van der Waals surface area contributed by atoms with E-state index >= 15 is 0 Å². The lowest BCUT2D eigenvalue weighted by molar-refractivity contribution is -0.115. The smallest absolute Gasteiger partial charge is 0.225 e. The van der Waals surface area contributed by atoms with Crippen LogP contribution in [-0.4, -0.2) is 30.3 Å². The molecule has 1 heterocycles. The Balaban J connectivity index is 1.50. The first kappa shape index (κ1) is 19.4. The highest BCUT2D eigenvalue weighted by Gasteiger charge is 2.28. The van der Waals surface area contributed by atoms with Crippen LogP contribution >= 0.6 is 0 Å². The fourth-order valence-corrected chi connectivity index (χ4v) is 5.04. The standard InChI is InChI=1S/C20H24N2O4S/c23-20(10-13-27(24,25)19-6-1-2-7-19)22-17-4-3-5-18(14-17)26-15-16-8-11-21-12-9-16/h3-5,8-9,11-12,14,19H,1-2,6-7,10,13,15H2,(H,22,23). The second kappa shape index (κ2) is 8.99. The third-order valence-corrected chi connectivity index (χ3v) is 6.96. The average molecular weight is 388 g/mol. The van der Waals surface area contributed by atoms with Crippen molar-refractivity contribution >= 4 is 21.4 Å². The van der Waals surface area contributed by atoms with Crippen LogP contribution in [-0.2, 0) is 21.2 Å². The summed E-state index contributed by atoms with van der Waals surface area (Å²) in [6, 6.07) is 10.8. The molecule has 1 aliphatic carbocycles. The van der Waals surface area contributed by atoms with Crippen LogP contribution in [0, 0.1) is 0 Å². The Kier molecular flexibility index (Phi) is 6.45. The average Bonchev–Trinajstić information content (AvgIpc) is 3.22. The summed E-state index contributed by atoms with van der Waals surface area (Å²) in [6.45, 7) is 0.402. The van der Waals surface area contributed by atoms with Crippen LogP contribution in [0.1, 0.15) is 37.7 Å². The van der Waals surface area contributed by atoms with Gasteiger partial charge in [0.05, 0.1) is 11.0 Å². The number of nitrogens with one attached hydrogen (secondary N) is 1. The SMILES string of the molecule is O=C(CCS(=O)(=O)C1CCCC1)Nc1cccc(OCc2ccncc2)c1. The lowest BCUT2D eigenvalue weighted by Gasteiger charge is -2.12. The maximum Gasteiger partial charge on any atom is 0.225 e. The van der Waals surface area contributed by atoms with Crippen molar-refractivity contribution < 1.29 is 17.9 Å². The van der Waals surface area contributed by atoms with Gasteiger partial charge < -0.3 is 10.1 Å². The van der Waals surface area contributed by atoms with E-state index in [4.69, 9.17) is 4.74 Å². The molecule has 7 heteroatoms. The van der Waals surface area contributed by atoms with Gasteiger partial charge in [-0.05, 0) is 42.7 Å². The van der Waals surface area contributed by atoms with Crippen molar-refractivity contribution in [3.63, 3.8) is 0 Å². The first-order valence-corrected chi connectivity index (χ1v) is 10.9. The molecule has 1 aliphatic rings. The van der Waals surface area contributed by atoms with E-state index in [2.05, 4.69) is 10.3 Å². The molecule has 0 aliphatic heterocycles. The van der Waals surface area contributed by atoms with Gasteiger partial charge in [0.2, 0.25) is 5.91 Å². The Labute approximate surface area is 159 Å². The zero-order chi connectivity index (χ0) is 19.1. The topological polar surface area (TPSA) is 85.4 Å². The van der Waals surface area contributed by atoms with Crippen LogP contribution in [0.5, 0.6) is 5.75 Å². The Bertz CT molecular complexity index is 863. The van der Waals surface area contributed by atoms with Crippen molar-refractivity contribution in [2.45, 2.75) is 44.0 Å². The first-order valence-electron chi connectivity index (χ1n) is 9.16. The van der Waals surface area contributed by atoms with Crippen molar-refractivity contribution in [1.29, 1.82) is 0 Å². The van der Waals surface area contributed by atoms with Crippen LogP contribution < -0.4 is 10.1 Å². The van der Waals surface area contributed by atoms with E-state index in [9.17, 15) is 13.2 Å². The number of rotatable bonds is 8.